The fourth-order valence-corrected chi connectivity index (χ4v) is 4.31. The van der Waals surface area contributed by atoms with Crippen molar-refractivity contribution in [2.45, 2.75) is 51.4 Å². The number of carboxylic acid groups (broad SMARTS) is 1. The molecular weight excluding hydrogens is 432 g/mol. The second-order valence-electron chi connectivity index (χ2n) is 8.89. The number of carbonyl (C=O) groups is 3. The minimum absolute atomic E-state index is 0.0217. The molecule has 3 N–H and O–H groups in total. The van der Waals surface area contributed by atoms with Gasteiger partial charge in [0.05, 0.1) is 0 Å². The number of amides is 2. The van der Waals surface area contributed by atoms with Gasteiger partial charge < -0.3 is 20.5 Å². The Hall–Kier alpha value is -3.35. The second-order valence-corrected chi connectivity index (χ2v) is 8.89. The number of carboxylic acids is 1. The van der Waals surface area contributed by atoms with Gasteiger partial charge >= 0.3 is 12.1 Å². The molecule has 7 heteroatoms. The van der Waals surface area contributed by atoms with E-state index in [0.717, 1.165) is 6.42 Å². The number of ether oxygens (including phenoxy) is 1. The number of alkyl carbamates (subject to hydrolysis) is 1. The average Bonchev–Trinajstić information content (AvgIpc) is 3.15. The Morgan fingerprint density at radius 1 is 0.882 bits per heavy atom. The van der Waals surface area contributed by atoms with Crippen LogP contribution in [-0.4, -0.2) is 42.8 Å². The fourth-order valence-electron chi connectivity index (χ4n) is 4.31. The third-order valence-electron chi connectivity index (χ3n) is 6.25. The smallest absolute Gasteiger partial charge is 0.407 e. The number of nitrogens with one attached hydrogen (secondary N) is 2. The van der Waals surface area contributed by atoms with Crippen molar-refractivity contribution in [3.8, 4) is 11.1 Å². The van der Waals surface area contributed by atoms with Gasteiger partial charge in [0, 0.05) is 31.8 Å². The standard InChI is InChI=1S/C27H34N2O5/c1-19(13-14-26(31)32)15-17-28-25(30)12-6-7-16-29-27(33)34-18-24-22-10-4-2-8-20(22)21-9-3-5-11-23(21)24/h2-5,8-11,19,24H,6-7,12-18H2,1H3,(H,28,30)(H,29,33)(H,31,32). The lowest BCUT2D eigenvalue weighted by Crippen LogP contribution is -2.28. The number of hydrogen-bond donors (Lipinski definition) is 3. The molecule has 0 saturated carbocycles. The van der Waals surface area contributed by atoms with Crippen molar-refractivity contribution < 1.29 is 24.2 Å². The number of benzene rings is 2. The molecule has 0 heterocycles. The lowest BCUT2D eigenvalue weighted by Gasteiger charge is -2.14. The summed E-state index contributed by atoms with van der Waals surface area (Å²) in [6.45, 7) is 3.28. The van der Waals surface area contributed by atoms with Gasteiger partial charge in [0.25, 0.3) is 0 Å². The van der Waals surface area contributed by atoms with Crippen molar-refractivity contribution in [1.82, 2.24) is 10.6 Å². The van der Waals surface area contributed by atoms with Crippen molar-refractivity contribution in [1.29, 1.82) is 0 Å². The molecule has 34 heavy (non-hydrogen) atoms. The summed E-state index contributed by atoms with van der Waals surface area (Å²) in [5.41, 5.74) is 4.75. The molecular formula is C27H34N2O5. The van der Waals surface area contributed by atoms with Crippen molar-refractivity contribution in [2.75, 3.05) is 19.7 Å². The maximum Gasteiger partial charge on any atom is 0.407 e. The van der Waals surface area contributed by atoms with E-state index in [1.807, 2.05) is 31.2 Å². The van der Waals surface area contributed by atoms with Crippen molar-refractivity contribution in [3.63, 3.8) is 0 Å². The van der Waals surface area contributed by atoms with Gasteiger partial charge in [-0.05, 0) is 53.9 Å². The van der Waals surface area contributed by atoms with Crippen LogP contribution in [-0.2, 0) is 14.3 Å². The maximum absolute atomic E-state index is 12.2. The molecule has 182 valence electrons. The molecule has 1 unspecified atom stereocenters. The number of carbonyl (C=O) groups excluding carboxylic acids is 2. The van der Waals surface area contributed by atoms with Crippen LogP contribution < -0.4 is 10.6 Å². The van der Waals surface area contributed by atoms with Gasteiger partial charge in [0.2, 0.25) is 5.91 Å². The van der Waals surface area contributed by atoms with Crippen molar-refractivity contribution in [3.05, 3.63) is 59.7 Å². The summed E-state index contributed by atoms with van der Waals surface area (Å²) in [6.07, 6.45) is 2.86. The van der Waals surface area contributed by atoms with Gasteiger partial charge in [-0.3, -0.25) is 9.59 Å². The highest BCUT2D eigenvalue weighted by molar-refractivity contribution is 5.79. The third-order valence-corrected chi connectivity index (χ3v) is 6.25. The Labute approximate surface area is 200 Å². The summed E-state index contributed by atoms with van der Waals surface area (Å²) in [4.78, 5) is 34.7. The van der Waals surface area contributed by atoms with E-state index >= 15 is 0 Å². The number of aliphatic carboxylic acids is 1. The normalized spacial score (nSPS) is 13.0. The van der Waals surface area contributed by atoms with Gasteiger partial charge in [-0.1, -0.05) is 55.5 Å². The predicted octanol–water partition coefficient (Wildman–Crippen LogP) is 4.70. The summed E-state index contributed by atoms with van der Waals surface area (Å²) >= 11 is 0. The Balaban J connectivity index is 1.28. The molecule has 0 saturated heterocycles. The molecule has 1 aliphatic rings. The molecule has 1 aliphatic carbocycles. The zero-order chi connectivity index (χ0) is 24.3. The lowest BCUT2D eigenvalue weighted by molar-refractivity contribution is -0.137. The topological polar surface area (TPSA) is 105 Å². The Bertz CT molecular complexity index is 945. The van der Waals surface area contributed by atoms with Crippen LogP contribution in [0, 0.1) is 5.92 Å². The minimum atomic E-state index is -0.789. The number of unbranched alkanes of at least 4 members (excludes halogenated alkanes) is 1. The first-order valence-corrected chi connectivity index (χ1v) is 12.0. The first-order chi connectivity index (χ1) is 16.5. The first-order valence-electron chi connectivity index (χ1n) is 12.0. The Kier molecular flexibility index (Phi) is 9.50. The Morgan fingerprint density at radius 2 is 1.53 bits per heavy atom. The molecule has 7 nitrogen and oxygen atoms in total. The molecule has 0 bridgehead atoms. The lowest BCUT2D eigenvalue weighted by atomic mass is 9.98. The predicted molar refractivity (Wildman–Crippen MR) is 131 cm³/mol. The van der Waals surface area contributed by atoms with Gasteiger partial charge in [-0.25, -0.2) is 4.79 Å². The van der Waals surface area contributed by atoms with Crippen LogP contribution in [0.4, 0.5) is 4.79 Å². The maximum atomic E-state index is 12.2. The molecule has 1 atom stereocenters. The second kappa shape index (κ2) is 12.8. The molecule has 2 amide bonds. The van der Waals surface area contributed by atoms with Crippen LogP contribution in [0.1, 0.15) is 62.5 Å². The van der Waals surface area contributed by atoms with E-state index in [1.54, 1.807) is 0 Å². The molecule has 3 rings (SSSR count). The third kappa shape index (κ3) is 7.33. The summed E-state index contributed by atoms with van der Waals surface area (Å²) in [5.74, 6) is -0.513. The summed E-state index contributed by atoms with van der Waals surface area (Å²) < 4.78 is 5.51. The van der Waals surface area contributed by atoms with Gasteiger partial charge in [0.15, 0.2) is 0 Å². The fraction of sp³-hybridized carbons (Fsp3) is 0.444. The van der Waals surface area contributed by atoms with Crippen molar-refractivity contribution >= 4 is 18.0 Å². The van der Waals surface area contributed by atoms with E-state index in [0.29, 0.717) is 38.8 Å². The molecule has 0 aliphatic heterocycles. The molecule has 2 aromatic rings. The van der Waals surface area contributed by atoms with E-state index < -0.39 is 12.1 Å². The SMILES string of the molecule is CC(CCNC(=O)CCCCNC(=O)OCC1c2ccccc2-c2ccccc21)CCC(=O)O. The quantitative estimate of drug-likeness (QED) is 0.371. The van der Waals surface area contributed by atoms with Gasteiger partial charge in [-0.2, -0.15) is 0 Å². The summed E-state index contributed by atoms with van der Waals surface area (Å²) in [6, 6.07) is 16.4. The average molecular weight is 467 g/mol. The highest BCUT2D eigenvalue weighted by Crippen LogP contribution is 2.44. The molecule has 2 aromatic carbocycles. The highest BCUT2D eigenvalue weighted by Gasteiger charge is 2.28. The van der Waals surface area contributed by atoms with E-state index in [2.05, 4.69) is 34.9 Å². The molecule has 0 aromatic heterocycles. The van der Waals surface area contributed by atoms with E-state index in [9.17, 15) is 14.4 Å². The van der Waals surface area contributed by atoms with E-state index in [4.69, 9.17) is 9.84 Å². The van der Waals surface area contributed by atoms with Gasteiger partial charge in [0.1, 0.15) is 6.61 Å². The largest absolute Gasteiger partial charge is 0.481 e. The first kappa shape index (κ1) is 25.3. The van der Waals surface area contributed by atoms with Crippen LogP contribution in [0.3, 0.4) is 0 Å². The van der Waals surface area contributed by atoms with Crippen LogP contribution in [0.5, 0.6) is 0 Å². The van der Waals surface area contributed by atoms with Crippen LogP contribution in [0.2, 0.25) is 0 Å². The van der Waals surface area contributed by atoms with Crippen LogP contribution in [0.15, 0.2) is 48.5 Å². The molecule has 0 spiro atoms. The minimum Gasteiger partial charge on any atom is -0.481 e. The zero-order valence-electron chi connectivity index (χ0n) is 19.7. The van der Waals surface area contributed by atoms with E-state index in [-0.39, 0.29) is 30.8 Å². The van der Waals surface area contributed by atoms with Crippen LogP contribution in [0.25, 0.3) is 11.1 Å². The highest BCUT2D eigenvalue weighted by atomic mass is 16.5. The monoisotopic (exact) mass is 466 g/mol. The van der Waals surface area contributed by atoms with Crippen molar-refractivity contribution in [2.24, 2.45) is 5.92 Å². The number of hydrogen-bond acceptors (Lipinski definition) is 4. The van der Waals surface area contributed by atoms with Gasteiger partial charge in [-0.15, -0.1) is 0 Å². The molecule has 0 fully saturated rings. The number of rotatable bonds is 13. The zero-order valence-corrected chi connectivity index (χ0v) is 19.7. The van der Waals surface area contributed by atoms with Crippen LogP contribution >= 0.6 is 0 Å². The van der Waals surface area contributed by atoms with E-state index in [1.165, 1.54) is 22.3 Å². The Morgan fingerprint density at radius 3 is 2.18 bits per heavy atom. The summed E-state index contributed by atoms with van der Waals surface area (Å²) in [5, 5.41) is 14.3. The number of fused-ring (bicyclic) bond motifs is 3. The molecule has 0 radical (unpaired) electrons. The summed E-state index contributed by atoms with van der Waals surface area (Å²) in [7, 11) is 0.